The molecule has 4 heterocycles. The lowest BCUT2D eigenvalue weighted by Gasteiger charge is -2.42. The summed E-state index contributed by atoms with van der Waals surface area (Å²) in [7, 11) is 0. The van der Waals surface area contributed by atoms with E-state index in [1.54, 1.807) is 6.33 Å². The molecule has 0 spiro atoms. The number of hydrogen-bond donors (Lipinski definition) is 2. The molecule has 2 aliphatic heterocycles. The molecule has 19 heavy (non-hydrogen) atoms. The Balaban J connectivity index is 1.71. The number of fused-ring (bicyclic) bond motifs is 2. The fourth-order valence-electron chi connectivity index (χ4n) is 3.68. The Labute approximate surface area is 112 Å². The number of nitrogens with one attached hydrogen (secondary N) is 2. The second-order valence-electron chi connectivity index (χ2n) is 6.13. The van der Waals surface area contributed by atoms with E-state index >= 15 is 0 Å². The van der Waals surface area contributed by atoms with Crippen LogP contribution in [-0.4, -0.2) is 41.1 Å². The van der Waals surface area contributed by atoms with E-state index in [4.69, 9.17) is 0 Å². The Kier molecular flexibility index (Phi) is 2.33. The molecular weight excluding hydrogens is 238 g/mol. The van der Waals surface area contributed by atoms with Gasteiger partial charge in [-0.15, -0.1) is 0 Å². The lowest BCUT2D eigenvalue weighted by Crippen LogP contribution is -2.47. The maximum absolute atomic E-state index is 4.52. The van der Waals surface area contributed by atoms with Crippen LogP contribution in [-0.2, 0) is 0 Å². The fraction of sp³-hybridized carbons (Fsp3) is 0.571. The van der Waals surface area contributed by atoms with Gasteiger partial charge < -0.3 is 15.2 Å². The molecule has 0 aliphatic carbocycles. The third-order valence-electron chi connectivity index (χ3n) is 4.84. The largest absolute Gasteiger partial charge is 0.355 e. The zero-order chi connectivity index (χ0) is 12.9. The van der Waals surface area contributed by atoms with Crippen LogP contribution >= 0.6 is 0 Å². The molecule has 0 unspecified atom stereocenters. The number of hydrogen-bond acceptors (Lipinski definition) is 4. The summed E-state index contributed by atoms with van der Waals surface area (Å²) in [5.74, 6) is 1.89. The molecule has 5 heteroatoms. The average Bonchev–Trinajstić information content (AvgIpc) is 3.02. The lowest BCUT2D eigenvalue weighted by molar-refractivity contribution is 0.215. The first-order valence-electron chi connectivity index (χ1n) is 7.00. The van der Waals surface area contributed by atoms with Crippen LogP contribution in [0.3, 0.4) is 0 Å². The SMILES string of the molecule is C[C@]12CNC[C@H]1CCN(c1ncnc3[nH]ccc13)C2. The summed E-state index contributed by atoms with van der Waals surface area (Å²) in [5, 5.41) is 4.68. The Morgan fingerprint density at radius 1 is 1.42 bits per heavy atom. The molecule has 0 bridgehead atoms. The van der Waals surface area contributed by atoms with Crippen molar-refractivity contribution in [1.29, 1.82) is 0 Å². The van der Waals surface area contributed by atoms with Crippen LogP contribution in [0.2, 0.25) is 0 Å². The van der Waals surface area contributed by atoms with Gasteiger partial charge in [-0.3, -0.25) is 0 Å². The van der Waals surface area contributed by atoms with Crippen LogP contribution in [0.15, 0.2) is 18.6 Å². The van der Waals surface area contributed by atoms with E-state index in [-0.39, 0.29) is 0 Å². The van der Waals surface area contributed by atoms with E-state index in [0.717, 1.165) is 42.4 Å². The first-order valence-corrected chi connectivity index (χ1v) is 7.00. The van der Waals surface area contributed by atoms with E-state index in [9.17, 15) is 0 Å². The number of anilines is 1. The predicted molar refractivity (Wildman–Crippen MR) is 75.2 cm³/mol. The Morgan fingerprint density at radius 2 is 2.37 bits per heavy atom. The molecule has 0 radical (unpaired) electrons. The van der Waals surface area contributed by atoms with E-state index in [2.05, 4.69) is 38.2 Å². The summed E-state index contributed by atoms with van der Waals surface area (Å²) < 4.78 is 0. The first-order chi connectivity index (χ1) is 9.26. The molecule has 2 aliphatic rings. The van der Waals surface area contributed by atoms with Crippen molar-refractivity contribution in [3.8, 4) is 0 Å². The molecule has 2 aromatic heterocycles. The topological polar surface area (TPSA) is 56.8 Å². The maximum Gasteiger partial charge on any atom is 0.142 e. The maximum atomic E-state index is 4.52. The van der Waals surface area contributed by atoms with Gasteiger partial charge in [0.1, 0.15) is 17.8 Å². The molecule has 4 rings (SSSR count). The molecule has 0 saturated carbocycles. The summed E-state index contributed by atoms with van der Waals surface area (Å²) in [4.78, 5) is 14.4. The zero-order valence-electron chi connectivity index (χ0n) is 11.2. The van der Waals surface area contributed by atoms with Gasteiger partial charge in [0.2, 0.25) is 0 Å². The quantitative estimate of drug-likeness (QED) is 0.810. The van der Waals surface area contributed by atoms with Crippen LogP contribution in [0.25, 0.3) is 11.0 Å². The predicted octanol–water partition coefficient (Wildman–Crippen LogP) is 1.39. The van der Waals surface area contributed by atoms with Gasteiger partial charge in [-0.25, -0.2) is 9.97 Å². The average molecular weight is 257 g/mol. The van der Waals surface area contributed by atoms with Crippen LogP contribution in [0.4, 0.5) is 5.82 Å². The number of aromatic nitrogens is 3. The monoisotopic (exact) mass is 257 g/mol. The standard InChI is InChI=1S/C14H19N5/c1-14-7-15-6-10(14)3-5-19(8-14)13-11-2-4-16-12(11)17-9-18-13/h2,4,9-10,15H,3,5-8H2,1H3,(H,16,17,18)/t10-,14-/m1/s1. The summed E-state index contributed by atoms with van der Waals surface area (Å²) in [6.07, 6.45) is 4.85. The van der Waals surface area contributed by atoms with Crippen LogP contribution in [0.1, 0.15) is 13.3 Å². The molecule has 2 saturated heterocycles. The second kappa shape index (κ2) is 3.93. The number of aromatic amines is 1. The van der Waals surface area contributed by atoms with Gasteiger partial charge in [-0.05, 0) is 24.9 Å². The van der Waals surface area contributed by atoms with Gasteiger partial charge in [0.25, 0.3) is 0 Å². The van der Waals surface area contributed by atoms with Crippen LogP contribution in [0.5, 0.6) is 0 Å². The fourth-order valence-corrected chi connectivity index (χ4v) is 3.68. The normalized spacial score (nSPS) is 30.8. The van der Waals surface area contributed by atoms with Gasteiger partial charge in [-0.2, -0.15) is 0 Å². The van der Waals surface area contributed by atoms with Crippen LogP contribution < -0.4 is 10.2 Å². The van der Waals surface area contributed by atoms with Gasteiger partial charge in [0.05, 0.1) is 5.39 Å². The Morgan fingerprint density at radius 3 is 3.32 bits per heavy atom. The summed E-state index contributed by atoms with van der Waals surface area (Å²) in [5.41, 5.74) is 1.31. The number of rotatable bonds is 1. The number of nitrogens with zero attached hydrogens (tertiary/aromatic N) is 3. The van der Waals surface area contributed by atoms with Crippen molar-refractivity contribution in [1.82, 2.24) is 20.3 Å². The third-order valence-corrected chi connectivity index (χ3v) is 4.84. The van der Waals surface area contributed by atoms with Crippen LogP contribution in [0, 0.1) is 11.3 Å². The zero-order valence-corrected chi connectivity index (χ0v) is 11.2. The number of H-pyrrole nitrogens is 1. The highest BCUT2D eigenvalue weighted by Gasteiger charge is 2.43. The van der Waals surface area contributed by atoms with Crippen molar-refractivity contribution in [2.45, 2.75) is 13.3 Å². The van der Waals surface area contributed by atoms with E-state index < -0.39 is 0 Å². The number of piperidine rings is 1. The van der Waals surface area contributed by atoms with Crippen molar-refractivity contribution in [2.75, 3.05) is 31.1 Å². The molecular formula is C14H19N5. The summed E-state index contributed by atoms with van der Waals surface area (Å²) in [6, 6.07) is 2.08. The van der Waals surface area contributed by atoms with Gasteiger partial charge in [-0.1, -0.05) is 6.92 Å². The van der Waals surface area contributed by atoms with Crippen molar-refractivity contribution in [2.24, 2.45) is 11.3 Å². The van der Waals surface area contributed by atoms with E-state index in [1.807, 2.05) is 6.20 Å². The molecule has 5 nitrogen and oxygen atoms in total. The van der Waals surface area contributed by atoms with Crippen molar-refractivity contribution < 1.29 is 0 Å². The highest BCUT2D eigenvalue weighted by molar-refractivity contribution is 5.87. The van der Waals surface area contributed by atoms with Crippen molar-refractivity contribution in [3.63, 3.8) is 0 Å². The van der Waals surface area contributed by atoms with Crippen molar-refractivity contribution >= 4 is 16.9 Å². The Hall–Kier alpha value is -1.62. The summed E-state index contributed by atoms with van der Waals surface area (Å²) >= 11 is 0. The highest BCUT2D eigenvalue weighted by Crippen LogP contribution is 2.40. The third kappa shape index (κ3) is 1.64. The minimum absolute atomic E-state index is 0.381. The highest BCUT2D eigenvalue weighted by atomic mass is 15.2. The molecule has 100 valence electrons. The minimum atomic E-state index is 0.381. The molecule has 2 aromatic rings. The molecule has 2 atom stereocenters. The van der Waals surface area contributed by atoms with E-state index in [0.29, 0.717) is 5.41 Å². The van der Waals surface area contributed by atoms with Gasteiger partial charge in [0, 0.05) is 31.2 Å². The second-order valence-corrected chi connectivity index (χ2v) is 6.13. The summed E-state index contributed by atoms with van der Waals surface area (Å²) in [6.45, 7) is 6.88. The molecule has 2 N–H and O–H groups in total. The van der Waals surface area contributed by atoms with Gasteiger partial charge >= 0.3 is 0 Å². The lowest BCUT2D eigenvalue weighted by atomic mass is 9.75. The van der Waals surface area contributed by atoms with E-state index in [1.165, 1.54) is 13.0 Å². The van der Waals surface area contributed by atoms with Crippen molar-refractivity contribution in [3.05, 3.63) is 18.6 Å². The minimum Gasteiger partial charge on any atom is -0.355 e. The Bertz CT molecular complexity index is 607. The molecule has 0 amide bonds. The first kappa shape index (κ1) is 11.2. The molecule has 2 fully saturated rings. The molecule has 0 aromatic carbocycles. The van der Waals surface area contributed by atoms with Gasteiger partial charge in [0.15, 0.2) is 0 Å². The smallest absolute Gasteiger partial charge is 0.142 e.